The third-order valence-electron chi connectivity index (χ3n) is 5.07. The van der Waals surface area contributed by atoms with E-state index in [1.54, 1.807) is 0 Å². The lowest BCUT2D eigenvalue weighted by Gasteiger charge is -2.37. The normalized spacial score (nSPS) is 20.0. The van der Waals surface area contributed by atoms with Gasteiger partial charge in [0.25, 0.3) is 0 Å². The van der Waals surface area contributed by atoms with E-state index in [0.717, 1.165) is 0 Å². The summed E-state index contributed by atoms with van der Waals surface area (Å²) in [6.45, 7) is 6.77. The molecule has 0 heterocycles. The first kappa shape index (κ1) is 13.6. The molecule has 0 amide bonds. The van der Waals surface area contributed by atoms with Gasteiger partial charge in [0.1, 0.15) is 0 Å². The Bertz CT molecular complexity index is 402. The van der Waals surface area contributed by atoms with Crippen LogP contribution >= 0.6 is 0 Å². The molecule has 1 nitrogen and oxygen atoms in total. The standard InChI is InChI=1S/C17H27N/c1-5-17(10-6-7-11-17)16(18-4)15-9-8-13(2)14(3)12-15/h8-9,12,16,18H,5-7,10-11H2,1-4H3. The van der Waals surface area contributed by atoms with E-state index in [4.69, 9.17) is 0 Å². The lowest BCUT2D eigenvalue weighted by atomic mass is 9.73. The number of nitrogens with one attached hydrogen (secondary N) is 1. The van der Waals surface area contributed by atoms with Crippen LogP contribution in [0.5, 0.6) is 0 Å². The van der Waals surface area contributed by atoms with Crippen LogP contribution in [0.2, 0.25) is 0 Å². The maximum Gasteiger partial charge on any atom is 0.0374 e. The summed E-state index contributed by atoms with van der Waals surface area (Å²) in [5.41, 5.74) is 4.77. The molecule has 1 heteroatoms. The molecule has 0 bridgehead atoms. The minimum Gasteiger partial charge on any atom is -0.313 e. The van der Waals surface area contributed by atoms with E-state index in [1.165, 1.54) is 48.8 Å². The number of hydrogen-bond acceptors (Lipinski definition) is 1. The van der Waals surface area contributed by atoms with Crippen molar-refractivity contribution in [3.8, 4) is 0 Å². The molecule has 0 radical (unpaired) electrons. The lowest BCUT2D eigenvalue weighted by molar-refractivity contribution is 0.195. The van der Waals surface area contributed by atoms with Gasteiger partial charge in [-0.1, -0.05) is 38.0 Å². The Hall–Kier alpha value is -0.820. The van der Waals surface area contributed by atoms with E-state index in [0.29, 0.717) is 11.5 Å². The summed E-state index contributed by atoms with van der Waals surface area (Å²) in [6.07, 6.45) is 6.84. The van der Waals surface area contributed by atoms with Crippen LogP contribution in [0.15, 0.2) is 18.2 Å². The highest BCUT2D eigenvalue weighted by Gasteiger charge is 2.39. The Kier molecular flexibility index (Phi) is 4.11. The minimum atomic E-state index is 0.483. The lowest BCUT2D eigenvalue weighted by Crippen LogP contribution is -2.34. The second-order valence-electron chi connectivity index (χ2n) is 5.99. The summed E-state index contributed by atoms with van der Waals surface area (Å²) < 4.78 is 0. The summed E-state index contributed by atoms with van der Waals surface area (Å²) in [7, 11) is 2.12. The van der Waals surface area contributed by atoms with Crippen LogP contribution < -0.4 is 5.32 Å². The highest BCUT2D eigenvalue weighted by molar-refractivity contribution is 5.33. The zero-order valence-corrected chi connectivity index (χ0v) is 12.3. The Labute approximate surface area is 112 Å². The van der Waals surface area contributed by atoms with Crippen molar-refractivity contribution in [1.29, 1.82) is 0 Å². The summed E-state index contributed by atoms with van der Waals surface area (Å²) in [6, 6.07) is 7.49. The SMILES string of the molecule is CCC1(C(NC)c2ccc(C)c(C)c2)CCCC1. The molecule has 0 spiro atoms. The van der Waals surface area contributed by atoms with E-state index in [1.807, 2.05) is 0 Å². The zero-order valence-electron chi connectivity index (χ0n) is 12.3. The third kappa shape index (κ3) is 2.33. The molecular formula is C17H27N. The molecule has 100 valence electrons. The Morgan fingerprint density at radius 1 is 1.17 bits per heavy atom. The van der Waals surface area contributed by atoms with Crippen molar-refractivity contribution in [3.05, 3.63) is 34.9 Å². The zero-order chi connectivity index (χ0) is 13.2. The molecule has 0 aliphatic heterocycles. The topological polar surface area (TPSA) is 12.0 Å². The minimum absolute atomic E-state index is 0.483. The summed E-state index contributed by atoms with van der Waals surface area (Å²) in [5.74, 6) is 0. The molecule has 18 heavy (non-hydrogen) atoms. The van der Waals surface area contributed by atoms with Crippen LogP contribution in [0.1, 0.15) is 61.8 Å². The number of hydrogen-bond donors (Lipinski definition) is 1. The van der Waals surface area contributed by atoms with Crippen LogP contribution in [0, 0.1) is 19.3 Å². The van der Waals surface area contributed by atoms with Gasteiger partial charge in [0.05, 0.1) is 0 Å². The number of benzene rings is 1. The molecule has 1 saturated carbocycles. The van der Waals surface area contributed by atoms with E-state index in [-0.39, 0.29) is 0 Å². The van der Waals surface area contributed by atoms with Crippen molar-refractivity contribution >= 4 is 0 Å². The Morgan fingerprint density at radius 3 is 2.33 bits per heavy atom. The van der Waals surface area contributed by atoms with Crippen molar-refractivity contribution in [3.63, 3.8) is 0 Å². The van der Waals surface area contributed by atoms with Gasteiger partial charge in [0.2, 0.25) is 0 Å². The predicted octanol–water partition coefficient (Wildman–Crippen LogP) is 4.53. The fourth-order valence-electron chi connectivity index (χ4n) is 3.70. The first-order chi connectivity index (χ1) is 8.63. The van der Waals surface area contributed by atoms with E-state index >= 15 is 0 Å². The fraction of sp³-hybridized carbons (Fsp3) is 0.647. The Morgan fingerprint density at radius 2 is 1.83 bits per heavy atom. The summed E-state index contributed by atoms with van der Waals surface area (Å²) in [5, 5.41) is 3.60. The van der Waals surface area contributed by atoms with Gasteiger partial charge in [-0.05, 0) is 62.3 Å². The van der Waals surface area contributed by atoms with E-state index in [2.05, 4.69) is 51.3 Å². The molecule has 1 aliphatic rings. The maximum atomic E-state index is 3.60. The maximum absolute atomic E-state index is 3.60. The number of rotatable bonds is 4. The second-order valence-corrected chi connectivity index (χ2v) is 5.99. The van der Waals surface area contributed by atoms with Gasteiger partial charge in [-0.2, -0.15) is 0 Å². The van der Waals surface area contributed by atoms with Gasteiger partial charge in [0.15, 0.2) is 0 Å². The van der Waals surface area contributed by atoms with Crippen LogP contribution in [0.4, 0.5) is 0 Å². The molecule has 1 aromatic rings. The van der Waals surface area contributed by atoms with Crippen LogP contribution in [0.25, 0.3) is 0 Å². The van der Waals surface area contributed by atoms with Crippen molar-refractivity contribution in [2.45, 2.75) is 58.9 Å². The highest BCUT2D eigenvalue weighted by atomic mass is 14.9. The average molecular weight is 245 g/mol. The molecule has 1 N–H and O–H groups in total. The van der Waals surface area contributed by atoms with Gasteiger partial charge in [-0.15, -0.1) is 0 Å². The van der Waals surface area contributed by atoms with Gasteiger partial charge in [-0.25, -0.2) is 0 Å². The largest absolute Gasteiger partial charge is 0.313 e. The van der Waals surface area contributed by atoms with Crippen LogP contribution in [-0.4, -0.2) is 7.05 Å². The van der Waals surface area contributed by atoms with Crippen molar-refractivity contribution in [2.75, 3.05) is 7.05 Å². The third-order valence-corrected chi connectivity index (χ3v) is 5.07. The smallest absolute Gasteiger partial charge is 0.0374 e. The molecule has 0 aromatic heterocycles. The quantitative estimate of drug-likeness (QED) is 0.821. The second kappa shape index (κ2) is 5.44. The van der Waals surface area contributed by atoms with E-state index in [9.17, 15) is 0 Å². The van der Waals surface area contributed by atoms with Crippen LogP contribution in [0.3, 0.4) is 0 Å². The molecule has 1 aliphatic carbocycles. The molecule has 1 unspecified atom stereocenters. The van der Waals surface area contributed by atoms with Crippen molar-refractivity contribution in [1.82, 2.24) is 5.32 Å². The van der Waals surface area contributed by atoms with Gasteiger partial charge >= 0.3 is 0 Å². The fourth-order valence-corrected chi connectivity index (χ4v) is 3.70. The van der Waals surface area contributed by atoms with Gasteiger partial charge in [-0.3, -0.25) is 0 Å². The predicted molar refractivity (Wildman–Crippen MR) is 78.9 cm³/mol. The van der Waals surface area contributed by atoms with Crippen molar-refractivity contribution < 1.29 is 0 Å². The summed E-state index contributed by atoms with van der Waals surface area (Å²) in [4.78, 5) is 0. The molecule has 1 fully saturated rings. The monoisotopic (exact) mass is 245 g/mol. The van der Waals surface area contributed by atoms with E-state index < -0.39 is 0 Å². The Balaban J connectivity index is 2.34. The number of aryl methyl sites for hydroxylation is 2. The molecular weight excluding hydrogens is 218 g/mol. The van der Waals surface area contributed by atoms with Gasteiger partial charge in [0, 0.05) is 6.04 Å². The van der Waals surface area contributed by atoms with Crippen molar-refractivity contribution in [2.24, 2.45) is 5.41 Å². The first-order valence-corrected chi connectivity index (χ1v) is 7.37. The summed E-state index contributed by atoms with van der Waals surface area (Å²) >= 11 is 0. The highest BCUT2D eigenvalue weighted by Crippen LogP contribution is 2.49. The molecule has 1 atom stereocenters. The molecule has 2 rings (SSSR count). The first-order valence-electron chi connectivity index (χ1n) is 7.37. The molecule has 1 aromatic carbocycles. The average Bonchev–Trinajstić information content (AvgIpc) is 2.84. The van der Waals surface area contributed by atoms with Gasteiger partial charge < -0.3 is 5.32 Å². The molecule has 0 saturated heterocycles. The van der Waals surface area contributed by atoms with Crippen LogP contribution in [-0.2, 0) is 0 Å².